The Bertz CT molecular complexity index is 542. The highest BCUT2D eigenvalue weighted by atomic mass is 16.4. The summed E-state index contributed by atoms with van der Waals surface area (Å²) in [4.78, 5) is 31.5. The molecule has 6 nitrogen and oxygen atoms in total. The zero-order valence-electron chi connectivity index (χ0n) is 13.3. The summed E-state index contributed by atoms with van der Waals surface area (Å²) in [6, 6.07) is 3.96. The number of hydrogen-bond donors (Lipinski definition) is 1. The van der Waals surface area contributed by atoms with Gasteiger partial charge in [0.05, 0.1) is 11.5 Å². The minimum absolute atomic E-state index is 0.143. The van der Waals surface area contributed by atoms with Gasteiger partial charge in [0.25, 0.3) is 5.91 Å². The number of pyridine rings is 1. The number of amides is 1. The summed E-state index contributed by atoms with van der Waals surface area (Å²) in [5.74, 6) is -0.582. The molecule has 22 heavy (non-hydrogen) atoms. The van der Waals surface area contributed by atoms with Crippen LogP contribution in [0, 0.1) is 5.92 Å². The molecule has 1 aliphatic rings. The third-order valence-electron chi connectivity index (χ3n) is 4.08. The predicted octanol–water partition coefficient (Wildman–Crippen LogP) is 1.86. The maximum Gasteiger partial charge on any atom is 0.308 e. The van der Waals surface area contributed by atoms with E-state index >= 15 is 0 Å². The number of rotatable bonds is 5. The van der Waals surface area contributed by atoms with Gasteiger partial charge in [0.15, 0.2) is 0 Å². The van der Waals surface area contributed by atoms with Crippen molar-refractivity contribution in [2.75, 3.05) is 24.5 Å². The lowest BCUT2D eigenvalue weighted by atomic mass is 10.1. The van der Waals surface area contributed by atoms with Crippen molar-refractivity contribution in [2.24, 2.45) is 5.92 Å². The van der Waals surface area contributed by atoms with Gasteiger partial charge in [0, 0.05) is 31.9 Å². The summed E-state index contributed by atoms with van der Waals surface area (Å²) in [7, 11) is 0. The summed E-state index contributed by atoms with van der Waals surface area (Å²) in [6.07, 6.45) is 2.10. The topological polar surface area (TPSA) is 73.7 Å². The van der Waals surface area contributed by atoms with Gasteiger partial charge in [-0.25, -0.2) is 4.98 Å². The van der Waals surface area contributed by atoms with Crippen LogP contribution < -0.4 is 4.90 Å². The SMILES string of the molecule is CCN(c1ccc(C(=O)N2CC[C@@H](C(=O)O)C2)cn1)C(C)C. The number of carbonyl (C=O) groups excluding carboxylic acids is 1. The average Bonchev–Trinajstić information content (AvgIpc) is 2.97. The molecule has 6 heteroatoms. The van der Waals surface area contributed by atoms with Crippen LogP contribution in [0.3, 0.4) is 0 Å². The molecule has 1 amide bonds. The maximum absolute atomic E-state index is 12.4. The fourth-order valence-corrected chi connectivity index (χ4v) is 2.80. The second-order valence-electron chi connectivity index (χ2n) is 5.86. The Morgan fingerprint density at radius 3 is 2.64 bits per heavy atom. The van der Waals surface area contributed by atoms with E-state index in [9.17, 15) is 9.59 Å². The van der Waals surface area contributed by atoms with E-state index in [1.54, 1.807) is 17.2 Å². The molecule has 1 fully saturated rings. The van der Waals surface area contributed by atoms with Crippen molar-refractivity contribution in [3.8, 4) is 0 Å². The lowest BCUT2D eigenvalue weighted by molar-refractivity contribution is -0.141. The second kappa shape index (κ2) is 6.77. The Labute approximate surface area is 130 Å². The Morgan fingerprint density at radius 1 is 1.45 bits per heavy atom. The van der Waals surface area contributed by atoms with E-state index in [1.807, 2.05) is 6.07 Å². The highest BCUT2D eigenvalue weighted by Gasteiger charge is 2.31. The van der Waals surface area contributed by atoms with Gasteiger partial charge in [-0.1, -0.05) is 0 Å². The van der Waals surface area contributed by atoms with Crippen LogP contribution in [-0.2, 0) is 4.79 Å². The largest absolute Gasteiger partial charge is 0.481 e. The molecule has 0 aromatic carbocycles. The number of carboxylic acids is 1. The van der Waals surface area contributed by atoms with Crippen LogP contribution in [0.2, 0.25) is 0 Å². The van der Waals surface area contributed by atoms with Gasteiger partial charge < -0.3 is 14.9 Å². The highest BCUT2D eigenvalue weighted by molar-refractivity contribution is 5.94. The van der Waals surface area contributed by atoms with E-state index in [1.165, 1.54) is 0 Å². The summed E-state index contributed by atoms with van der Waals surface area (Å²) in [5.41, 5.74) is 0.509. The standard InChI is InChI=1S/C16H23N3O3/c1-4-19(11(2)3)14-6-5-12(9-17-14)15(20)18-8-7-13(10-18)16(21)22/h5-6,9,11,13H,4,7-8,10H2,1-3H3,(H,21,22)/t13-/m1/s1. The number of hydrogen-bond acceptors (Lipinski definition) is 4. The number of aromatic nitrogens is 1. The van der Waals surface area contributed by atoms with E-state index in [2.05, 4.69) is 30.7 Å². The Morgan fingerprint density at radius 2 is 2.18 bits per heavy atom. The van der Waals surface area contributed by atoms with Gasteiger partial charge in [-0.15, -0.1) is 0 Å². The van der Waals surface area contributed by atoms with Crippen LogP contribution in [0.25, 0.3) is 0 Å². The van der Waals surface area contributed by atoms with Gasteiger partial charge >= 0.3 is 5.97 Å². The van der Waals surface area contributed by atoms with Crippen LogP contribution >= 0.6 is 0 Å². The van der Waals surface area contributed by atoms with Crippen molar-refractivity contribution in [3.05, 3.63) is 23.9 Å². The van der Waals surface area contributed by atoms with Gasteiger partial charge in [0.1, 0.15) is 5.82 Å². The summed E-state index contributed by atoms with van der Waals surface area (Å²) in [6.45, 7) is 7.88. The molecule has 2 heterocycles. The van der Waals surface area contributed by atoms with Crippen LogP contribution in [0.15, 0.2) is 18.3 Å². The molecule has 0 saturated carbocycles. The summed E-state index contributed by atoms with van der Waals surface area (Å²) in [5, 5.41) is 9.00. The van der Waals surface area contributed by atoms with Gasteiger partial charge in [-0.2, -0.15) is 0 Å². The molecule has 0 aliphatic carbocycles. The van der Waals surface area contributed by atoms with Crippen LogP contribution in [0.1, 0.15) is 37.6 Å². The number of likely N-dealkylation sites (tertiary alicyclic amines) is 1. The minimum Gasteiger partial charge on any atom is -0.481 e. The number of nitrogens with zero attached hydrogens (tertiary/aromatic N) is 3. The van der Waals surface area contributed by atoms with E-state index in [-0.39, 0.29) is 12.5 Å². The smallest absolute Gasteiger partial charge is 0.308 e. The molecule has 1 atom stereocenters. The summed E-state index contributed by atoms with van der Waals surface area (Å²) < 4.78 is 0. The molecular weight excluding hydrogens is 282 g/mol. The number of anilines is 1. The Kier molecular flexibility index (Phi) is 5.00. The molecule has 0 unspecified atom stereocenters. The Hall–Kier alpha value is -2.11. The molecule has 0 radical (unpaired) electrons. The van der Waals surface area contributed by atoms with Crippen molar-refractivity contribution in [1.82, 2.24) is 9.88 Å². The molecule has 1 aromatic rings. The minimum atomic E-state index is -0.834. The van der Waals surface area contributed by atoms with Crippen LogP contribution in [0.4, 0.5) is 5.82 Å². The quantitative estimate of drug-likeness (QED) is 0.899. The van der Waals surface area contributed by atoms with Crippen LogP contribution in [-0.4, -0.2) is 52.5 Å². The first-order valence-corrected chi connectivity index (χ1v) is 7.68. The Balaban J connectivity index is 2.07. The molecule has 120 valence electrons. The first kappa shape index (κ1) is 16.3. The third kappa shape index (κ3) is 3.37. The molecular formula is C16H23N3O3. The normalized spacial score (nSPS) is 17.8. The molecule has 1 aromatic heterocycles. The second-order valence-corrected chi connectivity index (χ2v) is 5.86. The third-order valence-corrected chi connectivity index (χ3v) is 4.08. The van der Waals surface area contributed by atoms with Crippen molar-refractivity contribution in [1.29, 1.82) is 0 Å². The summed E-state index contributed by atoms with van der Waals surface area (Å²) >= 11 is 0. The van der Waals surface area contributed by atoms with Crippen molar-refractivity contribution < 1.29 is 14.7 Å². The van der Waals surface area contributed by atoms with Crippen LogP contribution in [0.5, 0.6) is 0 Å². The number of aliphatic carboxylic acids is 1. The monoisotopic (exact) mass is 305 g/mol. The van der Waals surface area contributed by atoms with E-state index < -0.39 is 11.9 Å². The number of carbonyl (C=O) groups is 2. The van der Waals surface area contributed by atoms with Crippen molar-refractivity contribution in [2.45, 2.75) is 33.2 Å². The lowest BCUT2D eigenvalue weighted by Crippen LogP contribution is -2.32. The molecule has 2 rings (SSSR count). The first-order valence-electron chi connectivity index (χ1n) is 7.68. The van der Waals surface area contributed by atoms with Gasteiger partial charge in [-0.3, -0.25) is 9.59 Å². The van der Waals surface area contributed by atoms with E-state index in [4.69, 9.17) is 5.11 Å². The van der Waals surface area contributed by atoms with Crippen molar-refractivity contribution in [3.63, 3.8) is 0 Å². The molecule has 1 N–H and O–H groups in total. The fraction of sp³-hybridized carbons (Fsp3) is 0.562. The molecule has 1 aliphatic heterocycles. The van der Waals surface area contributed by atoms with Gasteiger partial charge in [0.2, 0.25) is 0 Å². The first-order chi connectivity index (χ1) is 10.4. The molecule has 0 bridgehead atoms. The average molecular weight is 305 g/mol. The van der Waals surface area contributed by atoms with Crippen molar-refractivity contribution >= 4 is 17.7 Å². The predicted molar refractivity (Wildman–Crippen MR) is 84.0 cm³/mol. The van der Waals surface area contributed by atoms with Gasteiger partial charge in [-0.05, 0) is 39.3 Å². The zero-order chi connectivity index (χ0) is 16.3. The highest BCUT2D eigenvalue weighted by Crippen LogP contribution is 2.20. The lowest BCUT2D eigenvalue weighted by Gasteiger charge is -2.26. The van der Waals surface area contributed by atoms with E-state index in [0.717, 1.165) is 12.4 Å². The molecule has 1 saturated heterocycles. The fourth-order valence-electron chi connectivity index (χ4n) is 2.80. The maximum atomic E-state index is 12.4. The van der Waals surface area contributed by atoms with E-state index in [0.29, 0.717) is 24.6 Å². The molecule has 0 spiro atoms. The number of carboxylic acid groups (broad SMARTS) is 1. The zero-order valence-corrected chi connectivity index (χ0v) is 13.3.